The molecule has 0 fully saturated rings. The van der Waals surface area contributed by atoms with E-state index in [1.54, 1.807) is 4.68 Å². The lowest BCUT2D eigenvalue weighted by Crippen LogP contribution is -2.12. The number of hydrogen-bond acceptors (Lipinski definition) is 3. The fourth-order valence-electron chi connectivity index (χ4n) is 2.97. The minimum atomic E-state index is -0.192. The zero-order valence-electron chi connectivity index (χ0n) is 15.7. The topological polar surface area (TPSA) is 64.7 Å². The Morgan fingerprint density at radius 2 is 1.73 bits per heavy atom. The zero-order valence-corrected chi connectivity index (χ0v) is 15.7. The minimum absolute atomic E-state index is 0.192. The van der Waals surface area contributed by atoms with Crippen LogP contribution in [0.3, 0.4) is 0 Å². The van der Waals surface area contributed by atoms with Gasteiger partial charge in [0.25, 0.3) is 0 Å². The molecular formula is C20H23N5O. The molecule has 6 nitrogen and oxygen atoms in total. The highest BCUT2D eigenvalue weighted by atomic mass is 16.1. The van der Waals surface area contributed by atoms with Gasteiger partial charge in [-0.3, -0.25) is 9.48 Å². The number of rotatable bonds is 4. The van der Waals surface area contributed by atoms with Crippen LogP contribution in [0.5, 0.6) is 0 Å². The largest absolute Gasteiger partial charge is 0.307 e. The van der Waals surface area contributed by atoms with Crippen LogP contribution in [0.15, 0.2) is 36.4 Å². The normalized spacial score (nSPS) is 11.3. The zero-order chi connectivity index (χ0) is 18.8. The molecule has 1 aromatic carbocycles. The van der Waals surface area contributed by atoms with Crippen molar-refractivity contribution >= 4 is 17.8 Å². The van der Waals surface area contributed by atoms with E-state index < -0.39 is 0 Å². The van der Waals surface area contributed by atoms with Crippen LogP contribution in [0, 0.1) is 27.7 Å². The van der Waals surface area contributed by atoms with Crippen molar-refractivity contribution in [1.82, 2.24) is 19.6 Å². The molecule has 134 valence electrons. The van der Waals surface area contributed by atoms with Gasteiger partial charge in [0.2, 0.25) is 5.91 Å². The van der Waals surface area contributed by atoms with Crippen molar-refractivity contribution < 1.29 is 4.79 Å². The second-order valence-corrected chi connectivity index (χ2v) is 6.34. The van der Waals surface area contributed by atoms with E-state index in [0.29, 0.717) is 5.82 Å². The summed E-state index contributed by atoms with van der Waals surface area (Å²) < 4.78 is 3.57. The fraction of sp³-hybridized carbons (Fsp3) is 0.250. The summed E-state index contributed by atoms with van der Waals surface area (Å²) in [7, 11) is 1.82. The van der Waals surface area contributed by atoms with Crippen molar-refractivity contribution in [3.05, 3.63) is 64.6 Å². The van der Waals surface area contributed by atoms with Gasteiger partial charge >= 0.3 is 0 Å². The maximum absolute atomic E-state index is 12.3. The second kappa shape index (κ2) is 7.00. The lowest BCUT2D eigenvalue weighted by Gasteiger charge is -2.04. The molecule has 2 heterocycles. The van der Waals surface area contributed by atoms with Crippen molar-refractivity contribution in [2.45, 2.75) is 27.7 Å². The summed E-state index contributed by atoms with van der Waals surface area (Å²) >= 11 is 0. The van der Waals surface area contributed by atoms with E-state index in [1.165, 1.54) is 6.08 Å². The number of carbonyl (C=O) groups is 1. The average molecular weight is 349 g/mol. The van der Waals surface area contributed by atoms with Crippen LogP contribution in [0.2, 0.25) is 0 Å². The summed E-state index contributed by atoms with van der Waals surface area (Å²) in [5, 5.41) is 11.8. The Morgan fingerprint density at radius 3 is 2.35 bits per heavy atom. The highest BCUT2D eigenvalue weighted by molar-refractivity contribution is 6.02. The number of aryl methyl sites for hydroxylation is 3. The SMILES string of the molecule is Cc1nn(C)c(NC(=O)C=Cc2c(C)nn(-c3ccccc3)c2C)c1C. The standard InChI is InChI=1S/C20H23N5O/c1-13-14(2)22-24(5)20(13)21-19(26)12-11-18-15(3)23-25(16(18)4)17-9-7-6-8-10-17/h6-12H,1-5H3,(H,21,26). The molecule has 1 amide bonds. The van der Waals surface area contributed by atoms with Crippen LogP contribution in [0.1, 0.15) is 28.2 Å². The number of benzene rings is 1. The number of carbonyl (C=O) groups excluding carboxylic acids is 1. The summed E-state index contributed by atoms with van der Waals surface area (Å²) in [4.78, 5) is 12.3. The van der Waals surface area contributed by atoms with Gasteiger partial charge in [0.05, 0.1) is 17.1 Å². The maximum Gasteiger partial charge on any atom is 0.249 e. The number of para-hydroxylation sites is 1. The highest BCUT2D eigenvalue weighted by Crippen LogP contribution is 2.20. The molecule has 3 rings (SSSR count). The van der Waals surface area contributed by atoms with E-state index in [1.807, 2.05) is 75.8 Å². The number of amides is 1. The first-order valence-electron chi connectivity index (χ1n) is 8.49. The molecular weight excluding hydrogens is 326 g/mol. The van der Waals surface area contributed by atoms with E-state index in [2.05, 4.69) is 15.5 Å². The third-order valence-corrected chi connectivity index (χ3v) is 4.51. The Labute approximate surface area is 153 Å². The molecule has 0 radical (unpaired) electrons. The number of hydrogen-bond donors (Lipinski definition) is 1. The Kier molecular flexibility index (Phi) is 4.75. The molecule has 0 spiro atoms. The molecule has 1 N–H and O–H groups in total. The highest BCUT2D eigenvalue weighted by Gasteiger charge is 2.13. The van der Waals surface area contributed by atoms with Gasteiger partial charge in [0.1, 0.15) is 5.82 Å². The molecule has 3 aromatic rings. The Balaban J connectivity index is 1.82. The van der Waals surface area contributed by atoms with Crippen LogP contribution in [-0.4, -0.2) is 25.5 Å². The van der Waals surface area contributed by atoms with Crippen LogP contribution in [0.4, 0.5) is 5.82 Å². The van der Waals surface area contributed by atoms with Gasteiger partial charge in [-0.05, 0) is 45.9 Å². The van der Waals surface area contributed by atoms with Crippen LogP contribution < -0.4 is 5.32 Å². The van der Waals surface area contributed by atoms with Gasteiger partial charge in [-0.1, -0.05) is 18.2 Å². The molecule has 0 aliphatic carbocycles. The third-order valence-electron chi connectivity index (χ3n) is 4.51. The average Bonchev–Trinajstić information content (AvgIpc) is 3.04. The maximum atomic E-state index is 12.3. The summed E-state index contributed by atoms with van der Waals surface area (Å²) in [6, 6.07) is 9.95. The van der Waals surface area contributed by atoms with Crippen LogP contribution in [0.25, 0.3) is 11.8 Å². The summed E-state index contributed by atoms with van der Waals surface area (Å²) in [5.74, 6) is 0.521. The first-order valence-corrected chi connectivity index (χ1v) is 8.49. The van der Waals surface area contributed by atoms with Crippen molar-refractivity contribution in [1.29, 1.82) is 0 Å². The Bertz CT molecular complexity index is 980. The first kappa shape index (κ1) is 17.7. The molecule has 0 aliphatic heterocycles. The molecule has 26 heavy (non-hydrogen) atoms. The lowest BCUT2D eigenvalue weighted by atomic mass is 10.2. The van der Waals surface area contributed by atoms with Gasteiger partial charge in [-0.2, -0.15) is 10.2 Å². The number of nitrogens with one attached hydrogen (secondary N) is 1. The molecule has 0 saturated heterocycles. The lowest BCUT2D eigenvalue weighted by molar-refractivity contribution is -0.111. The molecule has 0 bridgehead atoms. The molecule has 0 unspecified atom stereocenters. The van der Waals surface area contributed by atoms with E-state index in [9.17, 15) is 4.79 Å². The number of nitrogens with zero attached hydrogens (tertiary/aromatic N) is 4. The summed E-state index contributed by atoms with van der Waals surface area (Å²) in [6.45, 7) is 7.81. The smallest absolute Gasteiger partial charge is 0.249 e. The fourth-order valence-corrected chi connectivity index (χ4v) is 2.97. The molecule has 0 aliphatic rings. The number of anilines is 1. The minimum Gasteiger partial charge on any atom is -0.307 e. The Morgan fingerprint density at radius 1 is 1.04 bits per heavy atom. The summed E-state index contributed by atoms with van der Waals surface area (Å²) in [6.07, 6.45) is 3.35. The van der Waals surface area contributed by atoms with E-state index in [-0.39, 0.29) is 5.91 Å². The molecule has 2 aromatic heterocycles. The van der Waals surface area contributed by atoms with Gasteiger partial charge in [-0.25, -0.2) is 4.68 Å². The first-order chi connectivity index (χ1) is 12.4. The predicted octanol–water partition coefficient (Wildman–Crippen LogP) is 3.49. The Hall–Kier alpha value is -3.15. The van der Waals surface area contributed by atoms with Gasteiger partial charge < -0.3 is 5.32 Å². The number of aromatic nitrogens is 4. The molecule has 0 atom stereocenters. The second-order valence-electron chi connectivity index (χ2n) is 6.34. The van der Waals surface area contributed by atoms with E-state index in [4.69, 9.17) is 0 Å². The van der Waals surface area contributed by atoms with Gasteiger partial charge in [0, 0.05) is 29.9 Å². The molecule has 0 saturated carbocycles. The van der Waals surface area contributed by atoms with Crippen molar-refractivity contribution in [3.8, 4) is 5.69 Å². The van der Waals surface area contributed by atoms with Gasteiger partial charge in [0.15, 0.2) is 0 Å². The van der Waals surface area contributed by atoms with E-state index in [0.717, 1.165) is 33.9 Å². The predicted molar refractivity (Wildman–Crippen MR) is 103 cm³/mol. The van der Waals surface area contributed by atoms with Crippen molar-refractivity contribution in [2.75, 3.05) is 5.32 Å². The van der Waals surface area contributed by atoms with Crippen molar-refractivity contribution in [2.24, 2.45) is 7.05 Å². The monoisotopic (exact) mass is 349 g/mol. The van der Waals surface area contributed by atoms with Crippen LogP contribution in [-0.2, 0) is 11.8 Å². The van der Waals surface area contributed by atoms with E-state index >= 15 is 0 Å². The van der Waals surface area contributed by atoms with Crippen molar-refractivity contribution in [3.63, 3.8) is 0 Å². The third kappa shape index (κ3) is 3.31. The summed E-state index contributed by atoms with van der Waals surface area (Å²) in [5.41, 5.74) is 5.69. The van der Waals surface area contributed by atoms with Crippen LogP contribution >= 0.6 is 0 Å². The van der Waals surface area contributed by atoms with Gasteiger partial charge in [-0.15, -0.1) is 0 Å². The quantitative estimate of drug-likeness (QED) is 0.733. The molecule has 6 heteroatoms.